The van der Waals surface area contributed by atoms with E-state index in [1.165, 1.54) is 4.90 Å². The van der Waals surface area contributed by atoms with Crippen LogP contribution in [0.5, 0.6) is 0 Å². The molecule has 6 nitrogen and oxygen atoms in total. The van der Waals surface area contributed by atoms with E-state index in [-0.39, 0.29) is 5.91 Å². The van der Waals surface area contributed by atoms with Gasteiger partial charge in [0.15, 0.2) is 0 Å². The molecule has 0 bridgehead atoms. The molecule has 0 aromatic heterocycles. The summed E-state index contributed by atoms with van der Waals surface area (Å²) in [6.45, 7) is 3.69. The van der Waals surface area contributed by atoms with Gasteiger partial charge >= 0.3 is 5.97 Å². The molecule has 2 atom stereocenters. The van der Waals surface area contributed by atoms with Gasteiger partial charge in [-0.25, -0.2) is 4.79 Å². The number of carboxylic acids is 1. The van der Waals surface area contributed by atoms with Crippen molar-refractivity contribution in [2.75, 3.05) is 26.2 Å². The number of hydrogen-bond acceptors (Lipinski definition) is 4. The molecule has 17 heavy (non-hydrogen) atoms. The van der Waals surface area contributed by atoms with Crippen molar-refractivity contribution in [3.8, 4) is 0 Å². The van der Waals surface area contributed by atoms with Gasteiger partial charge in [0.1, 0.15) is 11.6 Å². The molecule has 2 fully saturated rings. The van der Waals surface area contributed by atoms with Crippen molar-refractivity contribution >= 4 is 11.9 Å². The highest BCUT2D eigenvalue weighted by molar-refractivity contribution is 5.89. The predicted molar refractivity (Wildman–Crippen MR) is 59.6 cm³/mol. The Balaban J connectivity index is 2.13. The van der Waals surface area contributed by atoms with Crippen LogP contribution < -0.4 is 5.32 Å². The van der Waals surface area contributed by atoms with Gasteiger partial charge in [-0.1, -0.05) is 0 Å². The normalized spacial score (nSPS) is 33.7. The molecule has 2 saturated heterocycles. The molecular weight excluding hydrogens is 224 g/mol. The summed E-state index contributed by atoms with van der Waals surface area (Å²) in [6.07, 6.45) is 1.52. The highest BCUT2D eigenvalue weighted by Crippen LogP contribution is 2.28. The molecule has 2 N–H and O–H groups in total. The molecule has 96 valence electrons. The SMILES string of the molecule is CC1(C(=O)N2CCNCC2C(=O)O)CCCO1. The van der Waals surface area contributed by atoms with Crippen molar-refractivity contribution in [1.29, 1.82) is 0 Å². The first-order valence-corrected chi connectivity index (χ1v) is 5.93. The zero-order valence-electron chi connectivity index (χ0n) is 9.94. The van der Waals surface area contributed by atoms with Gasteiger partial charge in [-0.2, -0.15) is 0 Å². The van der Waals surface area contributed by atoms with Gasteiger partial charge in [0.25, 0.3) is 5.91 Å². The lowest BCUT2D eigenvalue weighted by Gasteiger charge is -2.38. The molecule has 0 saturated carbocycles. The Morgan fingerprint density at radius 1 is 1.53 bits per heavy atom. The summed E-state index contributed by atoms with van der Waals surface area (Å²) in [5.74, 6) is -1.16. The second kappa shape index (κ2) is 4.62. The van der Waals surface area contributed by atoms with E-state index in [0.717, 1.165) is 6.42 Å². The minimum Gasteiger partial charge on any atom is -0.480 e. The summed E-state index contributed by atoms with van der Waals surface area (Å²) >= 11 is 0. The molecule has 0 aromatic rings. The van der Waals surface area contributed by atoms with Crippen LogP contribution in [0, 0.1) is 0 Å². The van der Waals surface area contributed by atoms with Crippen molar-refractivity contribution in [3.63, 3.8) is 0 Å². The minimum atomic E-state index is -0.966. The van der Waals surface area contributed by atoms with E-state index in [1.807, 2.05) is 0 Å². The molecule has 2 rings (SSSR count). The fraction of sp³-hybridized carbons (Fsp3) is 0.818. The first-order chi connectivity index (χ1) is 8.04. The number of rotatable bonds is 2. The number of hydrogen-bond donors (Lipinski definition) is 2. The number of carbonyl (C=O) groups is 2. The maximum atomic E-state index is 12.3. The zero-order chi connectivity index (χ0) is 12.5. The Labute approximate surface area is 99.9 Å². The third-order valence-electron chi connectivity index (χ3n) is 3.46. The fourth-order valence-electron chi connectivity index (χ4n) is 2.42. The average Bonchev–Trinajstić information content (AvgIpc) is 2.76. The number of carbonyl (C=O) groups excluding carboxylic acids is 1. The Morgan fingerprint density at radius 3 is 2.88 bits per heavy atom. The molecule has 0 spiro atoms. The molecule has 2 aliphatic rings. The molecule has 0 aliphatic carbocycles. The molecular formula is C11H18N2O4. The number of piperazine rings is 1. The topological polar surface area (TPSA) is 78.9 Å². The first kappa shape index (κ1) is 12.3. The van der Waals surface area contributed by atoms with Crippen molar-refractivity contribution in [2.24, 2.45) is 0 Å². The summed E-state index contributed by atoms with van der Waals surface area (Å²) in [7, 11) is 0. The Hall–Kier alpha value is -1.14. The second-order valence-corrected chi connectivity index (χ2v) is 4.74. The molecule has 2 heterocycles. The van der Waals surface area contributed by atoms with E-state index in [2.05, 4.69) is 5.32 Å². The summed E-state index contributed by atoms with van der Waals surface area (Å²) < 4.78 is 5.48. The number of nitrogens with one attached hydrogen (secondary N) is 1. The van der Waals surface area contributed by atoms with Gasteiger partial charge in [0.05, 0.1) is 0 Å². The van der Waals surface area contributed by atoms with Gasteiger partial charge in [-0.3, -0.25) is 4.79 Å². The highest BCUT2D eigenvalue weighted by Gasteiger charge is 2.44. The van der Waals surface area contributed by atoms with Crippen LogP contribution in [-0.4, -0.2) is 59.8 Å². The summed E-state index contributed by atoms with van der Waals surface area (Å²) in [4.78, 5) is 24.9. The summed E-state index contributed by atoms with van der Waals surface area (Å²) in [5.41, 5.74) is -0.828. The van der Waals surface area contributed by atoms with E-state index in [0.29, 0.717) is 32.7 Å². The van der Waals surface area contributed by atoms with E-state index < -0.39 is 17.6 Å². The van der Waals surface area contributed by atoms with Crippen LogP contribution in [0.25, 0.3) is 0 Å². The lowest BCUT2D eigenvalue weighted by molar-refractivity contribution is -0.162. The third-order valence-corrected chi connectivity index (χ3v) is 3.46. The largest absolute Gasteiger partial charge is 0.480 e. The quantitative estimate of drug-likeness (QED) is 0.678. The van der Waals surface area contributed by atoms with E-state index in [4.69, 9.17) is 9.84 Å². The number of amides is 1. The third kappa shape index (κ3) is 2.28. The van der Waals surface area contributed by atoms with Gasteiger partial charge in [-0.05, 0) is 19.8 Å². The van der Waals surface area contributed by atoms with Gasteiger partial charge < -0.3 is 20.1 Å². The van der Waals surface area contributed by atoms with Crippen LogP contribution in [-0.2, 0) is 14.3 Å². The summed E-state index contributed by atoms with van der Waals surface area (Å²) in [6, 6.07) is -0.780. The Bertz CT molecular complexity index is 325. The number of carboxylic acid groups (broad SMARTS) is 1. The number of nitrogens with zero attached hydrogens (tertiary/aromatic N) is 1. The van der Waals surface area contributed by atoms with Gasteiger partial charge in [0, 0.05) is 26.2 Å². The number of aliphatic carboxylic acids is 1. The van der Waals surface area contributed by atoms with E-state index in [1.54, 1.807) is 6.92 Å². The Kier molecular flexibility index (Phi) is 3.35. The average molecular weight is 242 g/mol. The number of ether oxygens (including phenoxy) is 1. The maximum Gasteiger partial charge on any atom is 0.327 e. The molecule has 6 heteroatoms. The molecule has 1 amide bonds. The molecule has 0 aromatic carbocycles. The van der Waals surface area contributed by atoms with Crippen LogP contribution >= 0.6 is 0 Å². The monoisotopic (exact) mass is 242 g/mol. The zero-order valence-corrected chi connectivity index (χ0v) is 9.94. The van der Waals surface area contributed by atoms with Gasteiger partial charge in [-0.15, -0.1) is 0 Å². The lowest BCUT2D eigenvalue weighted by Crippen LogP contribution is -2.61. The first-order valence-electron chi connectivity index (χ1n) is 5.93. The van der Waals surface area contributed by atoms with Crippen LogP contribution in [0.3, 0.4) is 0 Å². The van der Waals surface area contributed by atoms with Crippen molar-refractivity contribution < 1.29 is 19.4 Å². The predicted octanol–water partition coefficient (Wildman–Crippen LogP) is -0.559. The van der Waals surface area contributed by atoms with Crippen LogP contribution in [0.15, 0.2) is 0 Å². The van der Waals surface area contributed by atoms with Crippen LogP contribution in [0.4, 0.5) is 0 Å². The smallest absolute Gasteiger partial charge is 0.327 e. The van der Waals surface area contributed by atoms with Crippen LogP contribution in [0.2, 0.25) is 0 Å². The van der Waals surface area contributed by atoms with Crippen LogP contribution in [0.1, 0.15) is 19.8 Å². The van der Waals surface area contributed by atoms with E-state index >= 15 is 0 Å². The van der Waals surface area contributed by atoms with Crippen molar-refractivity contribution in [1.82, 2.24) is 10.2 Å². The maximum absolute atomic E-state index is 12.3. The summed E-state index contributed by atoms with van der Waals surface area (Å²) in [5, 5.41) is 12.1. The van der Waals surface area contributed by atoms with Crippen molar-refractivity contribution in [2.45, 2.75) is 31.4 Å². The van der Waals surface area contributed by atoms with Gasteiger partial charge in [0.2, 0.25) is 0 Å². The molecule has 2 unspecified atom stereocenters. The van der Waals surface area contributed by atoms with E-state index in [9.17, 15) is 9.59 Å². The second-order valence-electron chi connectivity index (χ2n) is 4.74. The standard InChI is InChI=1S/C11H18N2O4/c1-11(3-2-6-17-11)10(16)13-5-4-12-7-8(13)9(14)15/h8,12H,2-7H2,1H3,(H,14,15). The molecule has 0 radical (unpaired) electrons. The lowest BCUT2D eigenvalue weighted by atomic mass is 9.99. The highest BCUT2D eigenvalue weighted by atomic mass is 16.5. The fourth-order valence-corrected chi connectivity index (χ4v) is 2.42. The minimum absolute atomic E-state index is 0.191. The Morgan fingerprint density at radius 2 is 2.29 bits per heavy atom. The molecule has 2 aliphatic heterocycles. The van der Waals surface area contributed by atoms with Crippen molar-refractivity contribution in [3.05, 3.63) is 0 Å².